The minimum absolute atomic E-state index is 0.162. The molecule has 0 aromatic heterocycles. The number of hydrogen-bond acceptors (Lipinski definition) is 2. The van der Waals surface area contributed by atoms with Crippen molar-refractivity contribution >= 4 is 0 Å². The van der Waals surface area contributed by atoms with Crippen molar-refractivity contribution in [3.63, 3.8) is 0 Å². The maximum atomic E-state index is 5.64. The molecule has 0 radical (unpaired) electrons. The summed E-state index contributed by atoms with van der Waals surface area (Å²) in [5, 5.41) is 0. The molecular formula is C12H20N2. The molecule has 0 heterocycles. The van der Waals surface area contributed by atoms with Crippen LogP contribution < -0.4 is 11.5 Å². The second-order valence-corrected chi connectivity index (χ2v) is 4.70. The maximum Gasteiger partial charge on any atom is 0.0178 e. The Balaban J connectivity index is 3.17. The lowest BCUT2D eigenvalue weighted by molar-refractivity contribution is 0.588. The van der Waals surface area contributed by atoms with Crippen molar-refractivity contribution in [2.24, 2.45) is 11.5 Å². The van der Waals surface area contributed by atoms with Crippen LogP contribution in [0.3, 0.4) is 0 Å². The largest absolute Gasteiger partial charge is 0.326 e. The summed E-state index contributed by atoms with van der Waals surface area (Å²) in [5.74, 6) is 0. The Hall–Kier alpha value is -0.860. The van der Waals surface area contributed by atoms with Crippen LogP contribution >= 0.6 is 0 Å². The summed E-state index contributed by atoms with van der Waals surface area (Å²) in [6.07, 6.45) is 0. The molecule has 1 aromatic rings. The van der Waals surface area contributed by atoms with Crippen molar-refractivity contribution in [2.45, 2.75) is 39.3 Å². The SMILES string of the molecule is CC(C)(C)c1cc(CN)cc(CN)c1. The topological polar surface area (TPSA) is 52.0 Å². The molecule has 0 atom stereocenters. The van der Waals surface area contributed by atoms with E-state index >= 15 is 0 Å². The second-order valence-electron chi connectivity index (χ2n) is 4.70. The third-order valence-electron chi connectivity index (χ3n) is 2.39. The molecule has 2 heteroatoms. The third-order valence-corrected chi connectivity index (χ3v) is 2.39. The molecule has 0 fully saturated rings. The number of nitrogens with two attached hydrogens (primary N) is 2. The summed E-state index contributed by atoms with van der Waals surface area (Å²) in [6.45, 7) is 7.75. The lowest BCUT2D eigenvalue weighted by atomic mass is 9.85. The van der Waals surface area contributed by atoms with Crippen LogP contribution in [0.5, 0.6) is 0 Å². The van der Waals surface area contributed by atoms with Gasteiger partial charge in [0.15, 0.2) is 0 Å². The summed E-state index contributed by atoms with van der Waals surface area (Å²) < 4.78 is 0. The normalized spacial score (nSPS) is 11.8. The highest BCUT2D eigenvalue weighted by Crippen LogP contribution is 2.24. The van der Waals surface area contributed by atoms with Crippen molar-refractivity contribution in [1.29, 1.82) is 0 Å². The standard InChI is InChI=1S/C12H20N2/c1-12(2,3)11-5-9(7-13)4-10(6-11)8-14/h4-6H,7-8,13-14H2,1-3H3. The molecule has 0 unspecified atom stereocenters. The maximum absolute atomic E-state index is 5.64. The molecule has 0 saturated carbocycles. The minimum atomic E-state index is 0.162. The Kier molecular flexibility index (Phi) is 3.29. The van der Waals surface area contributed by atoms with Gasteiger partial charge in [-0.3, -0.25) is 0 Å². The minimum Gasteiger partial charge on any atom is -0.326 e. The lowest BCUT2D eigenvalue weighted by Gasteiger charge is -2.21. The van der Waals surface area contributed by atoms with E-state index in [1.165, 1.54) is 5.56 Å². The van der Waals surface area contributed by atoms with Crippen molar-refractivity contribution in [3.8, 4) is 0 Å². The molecule has 1 aromatic carbocycles. The van der Waals surface area contributed by atoms with E-state index in [0.717, 1.165) is 11.1 Å². The second kappa shape index (κ2) is 4.11. The van der Waals surface area contributed by atoms with Gasteiger partial charge in [-0.05, 0) is 22.1 Å². The van der Waals surface area contributed by atoms with Gasteiger partial charge in [0.2, 0.25) is 0 Å². The summed E-state index contributed by atoms with van der Waals surface area (Å²) in [4.78, 5) is 0. The van der Waals surface area contributed by atoms with E-state index in [4.69, 9.17) is 11.5 Å². The van der Waals surface area contributed by atoms with Gasteiger partial charge in [0.1, 0.15) is 0 Å². The Labute approximate surface area is 86.3 Å². The Morgan fingerprint density at radius 3 is 1.64 bits per heavy atom. The molecule has 0 bridgehead atoms. The molecule has 0 aliphatic rings. The van der Waals surface area contributed by atoms with Crippen LogP contribution in [-0.2, 0) is 18.5 Å². The van der Waals surface area contributed by atoms with Crippen LogP contribution in [0.15, 0.2) is 18.2 Å². The predicted molar refractivity (Wildman–Crippen MR) is 60.9 cm³/mol. The highest BCUT2D eigenvalue weighted by Gasteiger charge is 2.14. The number of rotatable bonds is 2. The molecule has 0 aliphatic heterocycles. The van der Waals surface area contributed by atoms with Crippen molar-refractivity contribution < 1.29 is 0 Å². The van der Waals surface area contributed by atoms with E-state index in [-0.39, 0.29) is 5.41 Å². The highest BCUT2D eigenvalue weighted by molar-refractivity contribution is 5.34. The van der Waals surface area contributed by atoms with Crippen LogP contribution in [-0.4, -0.2) is 0 Å². The molecule has 14 heavy (non-hydrogen) atoms. The van der Waals surface area contributed by atoms with Crippen LogP contribution in [0.1, 0.15) is 37.5 Å². The predicted octanol–water partition coefficient (Wildman–Crippen LogP) is 1.90. The zero-order valence-corrected chi connectivity index (χ0v) is 9.30. The first-order chi connectivity index (χ1) is 6.47. The molecular weight excluding hydrogens is 172 g/mol. The van der Waals surface area contributed by atoms with Crippen LogP contribution in [0.4, 0.5) is 0 Å². The zero-order chi connectivity index (χ0) is 10.8. The van der Waals surface area contributed by atoms with E-state index in [0.29, 0.717) is 13.1 Å². The van der Waals surface area contributed by atoms with E-state index in [9.17, 15) is 0 Å². The summed E-state index contributed by atoms with van der Waals surface area (Å²) in [5.41, 5.74) is 15.1. The fourth-order valence-electron chi connectivity index (χ4n) is 1.43. The molecule has 0 spiro atoms. The average Bonchev–Trinajstić information content (AvgIpc) is 2.15. The molecule has 0 amide bonds. The Bertz CT molecular complexity index is 288. The fraction of sp³-hybridized carbons (Fsp3) is 0.500. The molecule has 78 valence electrons. The van der Waals surface area contributed by atoms with Gasteiger partial charge in [0.25, 0.3) is 0 Å². The molecule has 0 aliphatic carbocycles. The molecule has 4 N–H and O–H groups in total. The van der Waals surface area contributed by atoms with Crippen molar-refractivity contribution in [1.82, 2.24) is 0 Å². The van der Waals surface area contributed by atoms with Gasteiger partial charge >= 0.3 is 0 Å². The monoisotopic (exact) mass is 192 g/mol. The third kappa shape index (κ3) is 2.56. The van der Waals surface area contributed by atoms with Crippen LogP contribution in [0.25, 0.3) is 0 Å². The van der Waals surface area contributed by atoms with Gasteiger partial charge in [-0.25, -0.2) is 0 Å². The van der Waals surface area contributed by atoms with Crippen LogP contribution in [0, 0.1) is 0 Å². The van der Waals surface area contributed by atoms with E-state index in [2.05, 4.69) is 39.0 Å². The van der Waals surface area contributed by atoms with Gasteiger partial charge in [0, 0.05) is 13.1 Å². The Morgan fingerprint density at radius 1 is 0.929 bits per heavy atom. The first-order valence-electron chi connectivity index (χ1n) is 5.01. The van der Waals surface area contributed by atoms with Gasteiger partial charge in [-0.2, -0.15) is 0 Å². The Morgan fingerprint density at radius 2 is 1.36 bits per heavy atom. The summed E-state index contributed by atoms with van der Waals surface area (Å²) in [6, 6.07) is 6.41. The molecule has 2 nitrogen and oxygen atoms in total. The van der Waals surface area contributed by atoms with E-state index < -0.39 is 0 Å². The van der Waals surface area contributed by atoms with Crippen LogP contribution in [0.2, 0.25) is 0 Å². The zero-order valence-electron chi connectivity index (χ0n) is 9.30. The molecule has 0 saturated heterocycles. The van der Waals surface area contributed by atoms with Gasteiger partial charge in [-0.15, -0.1) is 0 Å². The van der Waals surface area contributed by atoms with Gasteiger partial charge in [0.05, 0.1) is 0 Å². The van der Waals surface area contributed by atoms with Gasteiger partial charge < -0.3 is 11.5 Å². The molecule has 1 rings (SSSR count). The van der Waals surface area contributed by atoms with Crippen molar-refractivity contribution in [3.05, 3.63) is 34.9 Å². The first-order valence-corrected chi connectivity index (χ1v) is 5.01. The van der Waals surface area contributed by atoms with E-state index in [1.54, 1.807) is 0 Å². The van der Waals surface area contributed by atoms with E-state index in [1.807, 2.05) is 0 Å². The number of benzene rings is 1. The number of hydrogen-bond donors (Lipinski definition) is 2. The summed E-state index contributed by atoms with van der Waals surface area (Å²) in [7, 11) is 0. The summed E-state index contributed by atoms with van der Waals surface area (Å²) >= 11 is 0. The lowest BCUT2D eigenvalue weighted by Crippen LogP contribution is -2.13. The fourth-order valence-corrected chi connectivity index (χ4v) is 1.43. The van der Waals surface area contributed by atoms with Crippen molar-refractivity contribution in [2.75, 3.05) is 0 Å². The highest BCUT2D eigenvalue weighted by atomic mass is 14.5. The van der Waals surface area contributed by atoms with Gasteiger partial charge in [-0.1, -0.05) is 39.0 Å². The average molecular weight is 192 g/mol. The quantitative estimate of drug-likeness (QED) is 0.752. The smallest absolute Gasteiger partial charge is 0.0178 e. The first kappa shape index (κ1) is 11.2.